The van der Waals surface area contributed by atoms with E-state index in [2.05, 4.69) is 4.98 Å². The zero-order valence-electron chi connectivity index (χ0n) is 14.3. The number of hydrogen-bond acceptors (Lipinski definition) is 2. The number of amides is 1. The number of H-pyrrole nitrogens is 1. The molecule has 1 unspecified atom stereocenters. The zero-order valence-corrected chi connectivity index (χ0v) is 15.0. The highest BCUT2D eigenvalue weighted by molar-refractivity contribution is 6.30. The minimum atomic E-state index is -0.663. The molecule has 1 N–H and O–H groups in total. The van der Waals surface area contributed by atoms with Crippen LogP contribution in [0.4, 0.5) is 0 Å². The van der Waals surface area contributed by atoms with E-state index in [-0.39, 0.29) is 17.6 Å². The van der Waals surface area contributed by atoms with Gasteiger partial charge in [0, 0.05) is 19.1 Å². The number of carbonyl (C=O) groups excluding carboxylic acids is 1. The standard InChI is InChI=1S/C20H20ClN3O2/c21-18(14-6-2-1-3-7-14)19(25)23-12-10-15(11-13-23)24-17-9-5-4-8-16(17)22-20(24)26/h1-9,15,18H,10-13H2,(H,22,26). The smallest absolute Gasteiger partial charge is 0.326 e. The molecule has 0 spiro atoms. The first-order valence-electron chi connectivity index (χ1n) is 8.82. The third-order valence-electron chi connectivity index (χ3n) is 5.07. The van der Waals surface area contributed by atoms with Crippen molar-refractivity contribution in [2.24, 2.45) is 0 Å². The number of halogens is 1. The van der Waals surface area contributed by atoms with Crippen molar-refractivity contribution in [3.8, 4) is 0 Å². The first-order chi connectivity index (χ1) is 12.6. The molecule has 1 saturated heterocycles. The summed E-state index contributed by atoms with van der Waals surface area (Å²) < 4.78 is 1.83. The predicted molar refractivity (Wildman–Crippen MR) is 102 cm³/mol. The van der Waals surface area contributed by atoms with E-state index in [0.717, 1.165) is 29.4 Å². The number of aromatic nitrogens is 2. The monoisotopic (exact) mass is 369 g/mol. The van der Waals surface area contributed by atoms with Crippen molar-refractivity contribution in [1.29, 1.82) is 0 Å². The number of hydrogen-bond donors (Lipinski definition) is 1. The topological polar surface area (TPSA) is 58.1 Å². The van der Waals surface area contributed by atoms with Crippen molar-refractivity contribution in [1.82, 2.24) is 14.5 Å². The van der Waals surface area contributed by atoms with E-state index < -0.39 is 5.38 Å². The van der Waals surface area contributed by atoms with Crippen LogP contribution in [0.2, 0.25) is 0 Å². The lowest BCUT2D eigenvalue weighted by Gasteiger charge is -2.33. The van der Waals surface area contributed by atoms with Gasteiger partial charge in [-0.25, -0.2) is 4.79 Å². The summed E-state index contributed by atoms with van der Waals surface area (Å²) in [6.45, 7) is 1.21. The van der Waals surface area contributed by atoms with Gasteiger partial charge in [-0.2, -0.15) is 0 Å². The minimum Gasteiger partial charge on any atom is -0.341 e. The third kappa shape index (κ3) is 3.03. The van der Waals surface area contributed by atoms with Crippen molar-refractivity contribution in [3.63, 3.8) is 0 Å². The summed E-state index contributed by atoms with van der Waals surface area (Å²) in [5.41, 5.74) is 2.49. The van der Waals surface area contributed by atoms with Gasteiger partial charge in [0.05, 0.1) is 11.0 Å². The lowest BCUT2D eigenvalue weighted by Crippen LogP contribution is -2.41. The molecule has 0 radical (unpaired) electrons. The van der Waals surface area contributed by atoms with Crippen LogP contribution < -0.4 is 5.69 Å². The van der Waals surface area contributed by atoms with Crippen LogP contribution in [0.1, 0.15) is 29.8 Å². The summed E-state index contributed by atoms with van der Waals surface area (Å²) in [7, 11) is 0. The van der Waals surface area contributed by atoms with Gasteiger partial charge in [0.2, 0.25) is 5.91 Å². The van der Waals surface area contributed by atoms with Gasteiger partial charge in [-0.05, 0) is 30.5 Å². The van der Waals surface area contributed by atoms with Crippen LogP contribution in [0, 0.1) is 0 Å². The number of fused-ring (bicyclic) bond motifs is 1. The van der Waals surface area contributed by atoms with Crippen LogP contribution in [-0.4, -0.2) is 33.4 Å². The molecule has 3 aromatic rings. The molecule has 26 heavy (non-hydrogen) atoms. The molecule has 6 heteroatoms. The number of aromatic amines is 1. The van der Waals surface area contributed by atoms with Crippen LogP contribution >= 0.6 is 11.6 Å². The summed E-state index contributed by atoms with van der Waals surface area (Å²) in [6, 6.07) is 17.2. The van der Waals surface area contributed by atoms with E-state index in [1.54, 1.807) is 4.90 Å². The molecule has 0 bridgehead atoms. The van der Waals surface area contributed by atoms with Crippen LogP contribution in [0.25, 0.3) is 11.0 Å². The van der Waals surface area contributed by atoms with Crippen LogP contribution in [0.5, 0.6) is 0 Å². The molecule has 1 amide bonds. The van der Waals surface area contributed by atoms with Crippen LogP contribution in [-0.2, 0) is 4.79 Å². The van der Waals surface area contributed by atoms with E-state index in [1.165, 1.54) is 0 Å². The molecular formula is C20H20ClN3O2. The van der Waals surface area contributed by atoms with Gasteiger partial charge >= 0.3 is 5.69 Å². The summed E-state index contributed by atoms with van der Waals surface area (Å²) in [5, 5.41) is -0.663. The van der Waals surface area contributed by atoms with E-state index in [9.17, 15) is 9.59 Å². The average molecular weight is 370 g/mol. The lowest BCUT2D eigenvalue weighted by molar-refractivity contribution is -0.132. The Labute approximate surface area is 156 Å². The lowest BCUT2D eigenvalue weighted by atomic mass is 10.0. The van der Waals surface area contributed by atoms with Gasteiger partial charge in [-0.3, -0.25) is 9.36 Å². The number of imidazole rings is 1. The molecule has 1 fully saturated rings. The highest BCUT2D eigenvalue weighted by Crippen LogP contribution is 2.28. The fourth-order valence-corrected chi connectivity index (χ4v) is 3.99. The molecule has 4 rings (SSSR count). The number of rotatable bonds is 3. The second-order valence-corrected chi connectivity index (χ2v) is 7.08. The third-order valence-corrected chi connectivity index (χ3v) is 5.51. The van der Waals surface area contributed by atoms with Crippen molar-refractivity contribution in [2.45, 2.75) is 24.3 Å². The molecule has 2 heterocycles. The second-order valence-electron chi connectivity index (χ2n) is 6.65. The molecule has 134 valence electrons. The van der Waals surface area contributed by atoms with E-state index in [4.69, 9.17) is 11.6 Å². The van der Waals surface area contributed by atoms with Gasteiger partial charge in [0.1, 0.15) is 5.38 Å². The van der Waals surface area contributed by atoms with Gasteiger partial charge in [0.25, 0.3) is 0 Å². The largest absolute Gasteiger partial charge is 0.341 e. The highest BCUT2D eigenvalue weighted by Gasteiger charge is 2.29. The fourth-order valence-electron chi connectivity index (χ4n) is 3.71. The molecule has 1 aliphatic rings. The van der Waals surface area contributed by atoms with Crippen LogP contribution in [0.15, 0.2) is 59.4 Å². The molecule has 1 atom stereocenters. The fraction of sp³-hybridized carbons (Fsp3) is 0.300. The van der Waals surface area contributed by atoms with Gasteiger partial charge in [0.15, 0.2) is 0 Å². The Morgan fingerprint density at radius 2 is 1.69 bits per heavy atom. The number of piperidine rings is 1. The predicted octanol–water partition coefficient (Wildman–Crippen LogP) is 3.47. The quantitative estimate of drug-likeness (QED) is 0.718. The molecular weight excluding hydrogens is 350 g/mol. The Balaban J connectivity index is 1.48. The second kappa shape index (κ2) is 7.00. The molecule has 1 aliphatic heterocycles. The number of nitrogens with zero attached hydrogens (tertiary/aromatic N) is 2. The maximum atomic E-state index is 12.7. The van der Waals surface area contributed by atoms with Crippen molar-refractivity contribution in [2.75, 3.05) is 13.1 Å². The number of alkyl halides is 1. The van der Waals surface area contributed by atoms with Crippen molar-refractivity contribution in [3.05, 3.63) is 70.6 Å². The zero-order chi connectivity index (χ0) is 18.1. The molecule has 0 aliphatic carbocycles. The van der Waals surface area contributed by atoms with E-state index >= 15 is 0 Å². The van der Waals surface area contributed by atoms with Gasteiger partial charge in [-0.15, -0.1) is 11.6 Å². The first-order valence-corrected chi connectivity index (χ1v) is 9.26. The molecule has 1 aromatic heterocycles. The average Bonchev–Trinajstić information content (AvgIpc) is 3.03. The minimum absolute atomic E-state index is 0.0670. The summed E-state index contributed by atoms with van der Waals surface area (Å²) in [4.78, 5) is 29.8. The maximum Gasteiger partial charge on any atom is 0.326 e. The first kappa shape index (κ1) is 16.9. The summed E-state index contributed by atoms with van der Waals surface area (Å²) in [6.07, 6.45) is 1.48. The Bertz CT molecular complexity index is 971. The number of carbonyl (C=O) groups is 1. The number of para-hydroxylation sites is 2. The Hall–Kier alpha value is -2.53. The Kier molecular flexibility index (Phi) is 4.55. The highest BCUT2D eigenvalue weighted by atomic mass is 35.5. The van der Waals surface area contributed by atoms with E-state index in [1.807, 2.05) is 59.2 Å². The maximum absolute atomic E-state index is 12.7. The molecule has 5 nitrogen and oxygen atoms in total. The SMILES string of the molecule is O=C(C(Cl)c1ccccc1)N1CCC(n2c(=O)[nH]c3ccccc32)CC1. The molecule has 0 saturated carbocycles. The van der Waals surface area contributed by atoms with Crippen molar-refractivity contribution >= 4 is 28.5 Å². The summed E-state index contributed by atoms with van der Waals surface area (Å²) in [5.74, 6) is -0.0670. The van der Waals surface area contributed by atoms with Gasteiger partial charge in [-0.1, -0.05) is 42.5 Å². The Morgan fingerprint density at radius 1 is 1.04 bits per heavy atom. The number of likely N-dealkylation sites (tertiary alicyclic amines) is 1. The van der Waals surface area contributed by atoms with E-state index in [0.29, 0.717) is 13.1 Å². The number of benzene rings is 2. The number of nitrogens with one attached hydrogen (secondary N) is 1. The van der Waals surface area contributed by atoms with Crippen molar-refractivity contribution < 1.29 is 4.79 Å². The summed E-state index contributed by atoms with van der Waals surface area (Å²) >= 11 is 6.38. The normalized spacial score (nSPS) is 16.7. The molecule has 2 aromatic carbocycles. The van der Waals surface area contributed by atoms with Gasteiger partial charge < -0.3 is 9.88 Å². The Morgan fingerprint density at radius 3 is 2.42 bits per heavy atom. The van der Waals surface area contributed by atoms with Crippen LogP contribution in [0.3, 0.4) is 0 Å².